The summed E-state index contributed by atoms with van der Waals surface area (Å²) in [5.74, 6) is 2.25. The molecule has 0 spiro atoms. The topological polar surface area (TPSA) is 49.6 Å². The van der Waals surface area contributed by atoms with Gasteiger partial charge < -0.3 is 9.80 Å². The van der Waals surface area contributed by atoms with E-state index >= 15 is 0 Å². The van der Waals surface area contributed by atoms with Crippen LogP contribution in [0, 0.1) is 0 Å². The zero-order valence-electron chi connectivity index (χ0n) is 16.6. The second-order valence-electron chi connectivity index (χ2n) is 8.90. The van der Waals surface area contributed by atoms with Gasteiger partial charge in [0.2, 0.25) is 0 Å². The van der Waals surface area contributed by atoms with Crippen molar-refractivity contribution in [3.63, 3.8) is 0 Å². The molecule has 1 aliphatic carbocycles. The molecule has 6 nitrogen and oxygen atoms in total. The van der Waals surface area contributed by atoms with Crippen molar-refractivity contribution in [2.75, 3.05) is 33.2 Å². The van der Waals surface area contributed by atoms with Crippen molar-refractivity contribution in [2.24, 2.45) is 0 Å². The average Bonchev–Trinajstić information content (AvgIpc) is 3.47. The monoisotopic (exact) mass is 368 g/mol. The van der Waals surface area contributed by atoms with Gasteiger partial charge in [0.25, 0.3) is 0 Å². The molecule has 3 fully saturated rings. The molecular weight excluding hydrogens is 336 g/mol. The molecule has 2 aromatic rings. The molecule has 4 heterocycles. The minimum atomic E-state index is 0.496. The maximum Gasteiger partial charge on any atom is 0.177 e. The lowest BCUT2D eigenvalue weighted by molar-refractivity contribution is 0.141. The first kappa shape index (κ1) is 17.6. The van der Waals surface area contributed by atoms with Gasteiger partial charge in [-0.05, 0) is 90.3 Å². The van der Waals surface area contributed by atoms with Crippen molar-refractivity contribution < 1.29 is 0 Å². The fourth-order valence-electron chi connectivity index (χ4n) is 4.93. The smallest absolute Gasteiger partial charge is 0.177 e. The molecule has 0 radical (unpaired) electrons. The third-order valence-electron chi connectivity index (χ3n) is 6.96. The van der Waals surface area contributed by atoms with Crippen molar-refractivity contribution in [1.82, 2.24) is 29.6 Å². The second-order valence-corrected chi connectivity index (χ2v) is 8.90. The van der Waals surface area contributed by atoms with Crippen LogP contribution in [-0.4, -0.2) is 68.9 Å². The summed E-state index contributed by atoms with van der Waals surface area (Å²) in [4.78, 5) is 5.23. The zero-order chi connectivity index (χ0) is 18.2. The maximum absolute atomic E-state index is 4.87. The molecule has 1 saturated carbocycles. The number of likely N-dealkylation sites (tertiary alicyclic amines) is 2. The van der Waals surface area contributed by atoms with Crippen LogP contribution in [0.5, 0.6) is 0 Å². The Morgan fingerprint density at radius 1 is 0.926 bits per heavy atom. The number of piperidine rings is 2. The molecule has 3 aliphatic rings. The first-order chi connectivity index (χ1) is 13.3. The molecule has 0 amide bonds. The van der Waals surface area contributed by atoms with Crippen LogP contribution in [0.4, 0.5) is 0 Å². The van der Waals surface area contributed by atoms with Crippen LogP contribution in [-0.2, 0) is 0 Å². The number of fused-ring (bicyclic) bond motifs is 1. The van der Waals surface area contributed by atoms with E-state index in [2.05, 4.69) is 39.2 Å². The Hall–Kier alpha value is -1.53. The Morgan fingerprint density at radius 3 is 2.56 bits per heavy atom. The Kier molecular flexibility index (Phi) is 4.86. The van der Waals surface area contributed by atoms with Crippen molar-refractivity contribution in [2.45, 2.75) is 69.2 Å². The van der Waals surface area contributed by atoms with Crippen LogP contribution >= 0.6 is 0 Å². The van der Waals surface area contributed by atoms with E-state index in [0.717, 1.165) is 17.5 Å². The Bertz CT molecular complexity index is 774. The summed E-state index contributed by atoms with van der Waals surface area (Å²) in [5.41, 5.74) is 2.12. The highest BCUT2D eigenvalue weighted by Crippen LogP contribution is 2.39. The van der Waals surface area contributed by atoms with E-state index in [0.29, 0.717) is 11.8 Å². The molecule has 146 valence electrons. The highest BCUT2D eigenvalue weighted by atomic mass is 15.4. The lowest BCUT2D eigenvalue weighted by Gasteiger charge is -2.36. The average molecular weight is 369 g/mol. The lowest BCUT2D eigenvalue weighted by atomic mass is 9.95. The molecule has 27 heavy (non-hydrogen) atoms. The SMILES string of the molecule is CN1CCCCC1CCN1CCC(c2nnc3ccc(C4CC4)nn23)CC1. The molecular formula is C21H32N6. The quantitative estimate of drug-likeness (QED) is 0.812. The Balaban J connectivity index is 1.19. The first-order valence-electron chi connectivity index (χ1n) is 10.9. The van der Waals surface area contributed by atoms with Crippen molar-refractivity contribution >= 4 is 5.65 Å². The van der Waals surface area contributed by atoms with Gasteiger partial charge in [-0.1, -0.05) is 6.42 Å². The summed E-state index contributed by atoms with van der Waals surface area (Å²) in [6.45, 7) is 4.88. The van der Waals surface area contributed by atoms with Gasteiger partial charge in [0.1, 0.15) is 0 Å². The summed E-state index contributed by atoms with van der Waals surface area (Å²) < 4.78 is 2.03. The van der Waals surface area contributed by atoms with Crippen molar-refractivity contribution in [3.8, 4) is 0 Å². The van der Waals surface area contributed by atoms with E-state index in [1.165, 1.54) is 83.2 Å². The summed E-state index contributed by atoms with van der Waals surface area (Å²) >= 11 is 0. The molecule has 0 bridgehead atoms. The van der Waals surface area contributed by atoms with Gasteiger partial charge in [0.15, 0.2) is 11.5 Å². The molecule has 2 aromatic heterocycles. The van der Waals surface area contributed by atoms with E-state index in [1.807, 2.05) is 4.52 Å². The number of nitrogens with zero attached hydrogens (tertiary/aromatic N) is 6. The maximum atomic E-state index is 4.87. The molecule has 1 unspecified atom stereocenters. The normalized spacial score (nSPS) is 26.0. The van der Waals surface area contributed by atoms with Crippen LogP contribution in [0.1, 0.15) is 74.7 Å². The van der Waals surface area contributed by atoms with E-state index in [4.69, 9.17) is 5.10 Å². The molecule has 5 rings (SSSR count). The predicted molar refractivity (Wildman–Crippen MR) is 106 cm³/mol. The van der Waals surface area contributed by atoms with Gasteiger partial charge in [-0.15, -0.1) is 10.2 Å². The Morgan fingerprint density at radius 2 is 1.78 bits per heavy atom. The lowest BCUT2D eigenvalue weighted by Crippen LogP contribution is -2.41. The number of rotatable bonds is 5. The first-order valence-corrected chi connectivity index (χ1v) is 10.9. The minimum Gasteiger partial charge on any atom is -0.303 e. The summed E-state index contributed by atoms with van der Waals surface area (Å²) in [5, 5.41) is 13.8. The van der Waals surface area contributed by atoms with Crippen LogP contribution < -0.4 is 0 Å². The Labute approximate surface area is 161 Å². The number of hydrogen-bond donors (Lipinski definition) is 0. The highest BCUT2D eigenvalue weighted by Gasteiger charge is 2.28. The number of aromatic nitrogens is 4. The molecule has 6 heteroatoms. The van der Waals surface area contributed by atoms with Gasteiger partial charge in [0.05, 0.1) is 5.69 Å². The van der Waals surface area contributed by atoms with Gasteiger partial charge >= 0.3 is 0 Å². The van der Waals surface area contributed by atoms with Crippen LogP contribution in [0.15, 0.2) is 12.1 Å². The van der Waals surface area contributed by atoms with Crippen molar-refractivity contribution in [3.05, 3.63) is 23.7 Å². The number of hydrogen-bond acceptors (Lipinski definition) is 5. The second kappa shape index (κ2) is 7.47. The summed E-state index contributed by atoms with van der Waals surface area (Å²) in [7, 11) is 2.30. The van der Waals surface area contributed by atoms with E-state index < -0.39 is 0 Å². The third-order valence-corrected chi connectivity index (χ3v) is 6.96. The summed E-state index contributed by atoms with van der Waals surface area (Å²) in [6, 6.07) is 5.02. The molecule has 0 N–H and O–H groups in total. The van der Waals surface area contributed by atoms with Gasteiger partial charge in [-0.2, -0.15) is 9.61 Å². The minimum absolute atomic E-state index is 0.496. The van der Waals surface area contributed by atoms with Crippen molar-refractivity contribution in [1.29, 1.82) is 0 Å². The predicted octanol–water partition coefficient (Wildman–Crippen LogP) is 3.06. The van der Waals surface area contributed by atoms with E-state index in [-0.39, 0.29) is 0 Å². The fourth-order valence-corrected chi connectivity index (χ4v) is 4.93. The zero-order valence-corrected chi connectivity index (χ0v) is 16.6. The highest BCUT2D eigenvalue weighted by molar-refractivity contribution is 5.38. The van der Waals surface area contributed by atoms with Crippen LogP contribution in [0.25, 0.3) is 5.65 Å². The molecule has 0 aromatic carbocycles. The largest absolute Gasteiger partial charge is 0.303 e. The molecule has 2 saturated heterocycles. The third kappa shape index (κ3) is 3.74. The molecule has 1 atom stereocenters. The van der Waals surface area contributed by atoms with Crippen LogP contribution in [0.3, 0.4) is 0 Å². The van der Waals surface area contributed by atoms with Crippen LogP contribution in [0.2, 0.25) is 0 Å². The summed E-state index contributed by atoms with van der Waals surface area (Å²) in [6.07, 6.45) is 10.4. The van der Waals surface area contributed by atoms with Gasteiger partial charge in [-0.25, -0.2) is 0 Å². The van der Waals surface area contributed by atoms with E-state index in [9.17, 15) is 0 Å². The molecule has 2 aliphatic heterocycles. The van der Waals surface area contributed by atoms with Gasteiger partial charge in [-0.3, -0.25) is 0 Å². The standard InChI is InChI=1S/C21H32N6/c1-25-12-3-2-4-18(25)11-15-26-13-9-17(10-14-26)21-23-22-20-8-7-19(16-5-6-16)24-27(20)21/h7-8,16-18H,2-6,9-15H2,1H3. The van der Waals surface area contributed by atoms with Gasteiger partial charge in [0, 0.05) is 17.9 Å². The fraction of sp³-hybridized carbons (Fsp3) is 0.762. The van der Waals surface area contributed by atoms with E-state index in [1.54, 1.807) is 0 Å².